The van der Waals surface area contributed by atoms with E-state index < -0.39 is 58.3 Å². The molecule has 36 heavy (non-hydrogen) atoms. The Morgan fingerprint density at radius 2 is 1.56 bits per heavy atom. The first-order valence-electron chi connectivity index (χ1n) is 11.1. The predicted molar refractivity (Wildman–Crippen MR) is 120 cm³/mol. The van der Waals surface area contributed by atoms with Crippen LogP contribution in [0.3, 0.4) is 0 Å². The second-order valence-electron chi connectivity index (χ2n) is 8.16. The lowest BCUT2D eigenvalue weighted by Crippen LogP contribution is -2.26. The van der Waals surface area contributed by atoms with E-state index in [2.05, 4.69) is 11.3 Å². The van der Waals surface area contributed by atoms with E-state index in [4.69, 9.17) is 4.74 Å². The molecule has 4 rings (SSSR count). The molecule has 2 atom stereocenters. The van der Waals surface area contributed by atoms with Crippen molar-refractivity contribution in [1.82, 2.24) is 0 Å². The van der Waals surface area contributed by atoms with Gasteiger partial charge in [0.2, 0.25) is 0 Å². The third-order valence-electron chi connectivity index (χ3n) is 5.92. The van der Waals surface area contributed by atoms with Crippen LogP contribution in [0.25, 0.3) is 11.1 Å². The van der Waals surface area contributed by atoms with E-state index in [1.807, 2.05) is 0 Å². The molecule has 2 nitrogen and oxygen atoms in total. The summed E-state index contributed by atoms with van der Waals surface area (Å²) in [6.07, 6.45) is -7.46. The van der Waals surface area contributed by atoms with Gasteiger partial charge in [-0.2, -0.15) is 8.78 Å². The number of hydrogen-bond acceptors (Lipinski definition) is 2. The molecule has 0 aromatic heterocycles. The average Bonchev–Trinajstić information content (AvgIpc) is 2.83. The van der Waals surface area contributed by atoms with Gasteiger partial charge < -0.3 is 9.47 Å². The molecule has 0 heterocycles. The fourth-order valence-corrected chi connectivity index (χ4v) is 4.21. The highest BCUT2D eigenvalue weighted by Gasteiger charge is 2.44. The molecule has 3 aromatic rings. The molecule has 0 spiro atoms. The van der Waals surface area contributed by atoms with Crippen molar-refractivity contribution in [2.45, 2.75) is 38.2 Å². The van der Waals surface area contributed by atoms with Gasteiger partial charge >= 0.3 is 6.11 Å². The summed E-state index contributed by atoms with van der Waals surface area (Å²) in [6.45, 7) is 5.17. The monoisotopic (exact) mass is 510 g/mol. The molecule has 0 saturated carbocycles. The first-order valence-corrected chi connectivity index (χ1v) is 11.1. The summed E-state index contributed by atoms with van der Waals surface area (Å²) in [5.41, 5.74) is -3.24. The highest BCUT2D eigenvalue weighted by atomic mass is 19.3. The molecule has 0 aliphatic heterocycles. The highest BCUT2D eigenvalue weighted by molar-refractivity contribution is 5.76. The maximum Gasteiger partial charge on any atom is 0.429 e. The molecule has 190 valence electrons. The number of rotatable bonds is 8. The molecule has 0 bridgehead atoms. The Labute approximate surface area is 203 Å². The molecule has 0 radical (unpaired) electrons. The minimum Gasteiger partial charge on any atom is -0.491 e. The van der Waals surface area contributed by atoms with Crippen LogP contribution in [-0.2, 0) is 12.5 Å². The van der Waals surface area contributed by atoms with Gasteiger partial charge in [0.05, 0.1) is 6.61 Å². The van der Waals surface area contributed by atoms with Gasteiger partial charge in [-0.3, -0.25) is 0 Å². The van der Waals surface area contributed by atoms with Crippen LogP contribution in [0, 0.1) is 17.5 Å². The first-order chi connectivity index (χ1) is 17.1. The lowest BCUT2D eigenvalue weighted by molar-refractivity contribution is -0.187. The number of halogens is 7. The van der Waals surface area contributed by atoms with Gasteiger partial charge in [0.1, 0.15) is 22.9 Å². The summed E-state index contributed by atoms with van der Waals surface area (Å²) in [7, 11) is 0. The Bertz CT molecular complexity index is 1310. The van der Waals surface area contributed by atoms with Crippen LogP contribution in [-0.4, -0.2) is 6.61 Å². The van der Waals surface area contributed by atoms with E-state index in [0.29, 0.717) is 18.9 Å². The molecular formula is C27H21F7O2. The van der Waals surface area contributed by atoms with Crippen LogP contribution in [0.4, 0.5) is 30.7 Å². The van der Waals surface area contributed by atoms with E-state index in [-0.39, 0.29) is 29.0 Å². The van der Waals surface area contributed by atoms with Crippen LogP contribution >= 0.6 is 0 Å². The number of ether oxygens (including phenoxy) is 2. The highest BCUT2D eigenvalue weighted by Crippen LogP contribution is 2.52. The van der Waals surface area contributed by atoms with Gasteiger partial charge in [-0.05, 0) is 54.7 Å². The predicted octanol–water partition coefficient (Wildman–Crippen LogP) is 8.45. The largest absolute Gasteiger partial charge is 0.491 e. The van der Waals surface area contributed by atoms with E-state index in [1.54, 1.807) is 13.0 Å². The van der Waals surface area contributed by atoms with Crippen molar-refractivity contribution in [3.8, 4) is 22.6 Å². The van der Waals surface area contributed by atoms with E-state index in [1.165, 1.54) is 18.2 Å². The van der Waals surface area contributed by atoms with Gasteiger partial charge in [-0.25, -0.2) is 22.0 Å². The van der Waals surface area contributed by atoms with Gasteiger partial charge in [0, 0.05) is 17.2 Å². The quantitative estimate of drug-likeness (QED) is 0.224. The second-order valence-corrected chi connectivity index (χ2v) is 8.16. The summed E-state index contributed by atoms with van der Waals surface area (Å²) in [6, 6.07) is 7.05. The zero-order chi connectivity index (χ0) is 26.2. The number of alkyl halides is 4. The Balaban J connectivity index is 1.73. The summed E-state index contributed by atoms with van der Waals surface area (Å²) >= 11 is 0. The molecular weight excluding hydrogens is 489 g/mol. The van der Waals surface area contributed by atoms with Crippen LogP contribution < -0.4 is 9.47 Å². The van der Waals surface area contributed by atoms with Crippen molar-refractivity contribution in [2.75, 3.05) is 6.61 Å². The van der Waals surface area contributed by atoms with Crippen LogP contribution in [0.1, 0.15) is 47.9 Å². The Morgan fingerprint density at radius 1 is 0.917 bits per heavy atom. The standard InChI is InChI=1S/C27H21F7O2/c1-3-5-6-14-7-8-15(13-19(14)28)36-27(33,34)18-11-9-16-17-10-12-20(35-4-2)24(30)22(17)26(32)25(31)21(16)23(18)29/h3,7-13,25-26H,1,4-6H2,2H3. The van der Waals surface area contributed by atoms with E-state index in [9.17, 15) is 22.0 Å². The van der Waals surface area contributed by atoms with Crippen LogP contribution in [0.5, 0.6) is 11.5 Å². The summed E-state index contributed by atoms with van der Waals surface area (Å²) < 4.78 is 114. The molecule has 9 heteroatoms. The molecule has 0 N–H and O–H groups in total. The number of benzene rings is 3. The molecule has 1 aliphatic rings. The van der Waals surface area contributed by atoms with Crippen LogP contribution in [0.2, 0.25) is 0 Å². The number of aryl methyl sites for hydroxylation is 1. The maximum atomic E-state index is 15.3. The van der Waals surface area contributed by atoms with Gasteiger partial charge in [-0.1, -0.05) is 24.3 Å². The summed E-state index contributed by atoms with van der Waals surface area (Å²) in [5, 5.41) is 0. The number of hydrogen-bond donors (Lipinski definition) is 0. The van der Waals surface area contributed by atoms with E-state index in [0.717, 1.165) is 18.2 Å². The minimum absolute atomic E-state index is 0.0663. The Hall–Kier alpha value is -3.49. The topological polar surface area (TPSA) is 18.5 Å². The van der Waals surface area contributed by atoms with Crippen molar-refractivity contribution < 1.29 is 40.2 Å². The third kappa shape index (κ3) is 4.42. The van der Waals surface area contributed by atoms with Gasteiger partial charge in [0.25, 0.3) is 0 Å². The molecule has 1 aliphatic carbocycles. The average molecular weight is 510 g/mol. The van der Waals surface area contributed by atoms with Crippen molar-refractivity contribution >= 4 is 0 Å². The molecule has 0 amide bonds. The number of allylic oxidation sites excluding steroid dienone is 1. The minimum atomic E-state index is -4.36. The molecule has 3 aromatic carbocycles. The summed E-state index contributed by atoms with van der Waals surface area (Å²) in [4.78, 5) is 0. The third-order valence-corrected chi connectivity index (χ3v) is 5.92. The smallest absolute Gasteiger partial charge is 0.429 e. The fraction of sp³-hybridized carbons (Fsp3) is 0.259. The molecule has 2 unspecified atom stereocenters. The van der Waals surface area contributed by atoms with Crippen LogP contribution in [0.15, 0.2) is 55.1 Å². The normalized spacial score (nSPS) is 16.8. The van der Waals surface area contributed by atoms with Crippen molar-refractivity contribution in [3.05, 3.63) is 94.8 Å². The van der Waals surface area contributed by atoms with Crippen molar-refractivity contribution in [1.29, 1.82) is 0 Å². The SMILES string of the molecule is C=CCCc1ccc(OC(F)(F)c2ccc3c(c2F)C(F)C(F)c2c-3ccc(OCC)c2F)cc1F. The van der Waals surface area contributed by atoms with Crippen molar-refractivity contribution in [2.24, 2.45) is 0 Å². The van der Waals surface area contributed by atoms with Crippen molar-refractivity contribution in [3.63, 3.8) is 0 Å². The summed E-state index contributed by atoms with van der Waals surface area (Å²) in [5.74, 6) is -4.59. The Morgan fingerprint density at radius 3 is 2.17 bits per heavy atom. The van der Waals surface area contributed by atoms with Gasteiger partial charge in [0.15, 0.2) is 23.9 Å². The fourth-order valence-electron chi connectivity index (χ4n) is 4.21. The molecule has 0 saturated heterocycles. The maximum absolute atomic E-state index is 15.3. The van der Waals surface area contributed by atoms with E-state index >= 15 is 8.78 Å². The second kappa shape index (κ2) is 9.87. The zero-order valence-corrected chi connectivity index (χ0v) is 19.1. The Kier molecular flexibility index (Phi) is 7.02. The van der Waals surface area contributed by atoms with Gasteiger partial charge in [-0.15, -0.1) is 6.58 Å². The number of fused-ring (bicyclic) bond motifs is 3. The molecule has 0 fully saturated rings. The first kappa shape index (κ1) is 25.6. The lowest BCUT2D eigenvalue weighted by Gasteiger charge is -2.29. The lowest BCUT2D eigenvalue weighted by atomic mass is 9.81. The zero-order valence-electron chi connectivity index (χ0n) is 19.1.